The van der Waals surface area contributed by atoms with Crippen LogP contribution in [0, 0.1) is 6.92 Å². The van der Waals surface area contributed by atoms with E-state index in [9.17, 15) is 4.79 Å². The number of carbonyl (C=O) groups excluding carboxylic acids is 1. The summed E-state index contributed by atoms with van der Waals surface area (Å²) in [6.45, 7) is 11.1. The standard InChI is InChI=1S/C23H29N5O2/c1-16-14-18(28-21(24-16)15-20(25-28)23(2,3)4)22(29)27-12-10-26(11-13-27)17-8-6-7-9-19(17)30-5/h6-9,14-15H,10-13H2,1-5H3. The van der Waals surface area contributed by atoms with Crippen molar-refractivity contribution in [2.45, 2.75) is 33.1 Å². The van der Waals surface area contributed by atoms with Gasteiger partial charge in [-0.05, 0) is 25.1 Å². The van der Waals surface area contributed by atoms with Crippen molar-refractivity contribution in [3.63, 3.8) is 0 Å². The maximum Gasteiger partial charge on any atom is 0.272 e. The Balaban J connectivity index is 1.57. The van der Waals surface area contributed by atoms with E-state index >= 15 is 0 Å². The second kappa shape index (κ2) is 7.63. The molecule has 1 aliphatic rings. The van der Waals surface area contributed by atoms with Crippen LogP contribution in [0.5, 0.6) is 5.75 Å². The number of methoxy groups -OCH3 is 1. The highest BCUT2D eigenvalue weighted by Crippen LogP contribution is 2.29. The molecule has 3 heterocycles. The van der Waals surface area contributed by atoms with Crippen LogP contribution in [0.1, 0.15) is 42.6 Å². The average molecular weight is 408 g/mol. The van der Waals surface area contributed by atoms with Gasteiger partial charge in [0.15, 0.2) is 5.65 Å². The van der Waals surface area contributed by atoms with Crippen molar-refractivity contribution >= 4 is 17.2 Å². The van der Waals surface area contributed by atoms with E-state index in [1.807, 2.05) is 42.2 Å². The van der Waals surface area contributed by atoms with Gasteiger partial charge in [-0.3, -0.25) is 4.79 Å². The van der Waals surface area contributed by atoms with Crippen LogP contribution >= 0.6 is 0 Å². The van der Waals surface area contributed by atoms with Crippen LogP contribution in [-0.4, -0.2) is 58.7 Å². The highest BCUT2D eigenvalue weighted by molar-refractivity contribution is 5.93. The molecule has 1 aromatic carbocycles. The molecule has 4 rings (SSSR count). The van der Waals surface area contributed by atoms with E-state index in [2.05, 4.69) is 36.7 Å². The second-order valence-corrected chi connectivity index (χ2v) is 8.78. The summed E-state index contributed by atoms with van der Waals surface area (Å²) in [5.41, 5.74) is 3.99. The van der Waals surface area contributed by atoms with Gasteiger partial charge in [-0.25, -0.2) is 9.50 Å². The molecule has 7 nitrogen and oxygen atoms in total. The van der Waals surface area contributed by atoms with Gasteiger partial charge in [0.05, 0.1) is 18.5 Å². The summed E-state index contributed by atoms with van der Waals surface area (Å²) in [5, 5.41) is 4.71. The molecule has 2 aromatic heterocycles. The third kappa shape index (κ3) is 3.72. The Hall–Kier alpha value is -3.09. The zero-order chi connectivity index (χ0) is 21.5. The van der Waals surface area contributed by atoms with Crippen molar-refractivity contribution in [1.82, 2.24) is 19.5 Å². The number of anilines is 1. The van der Waals surface area contributed by atoms with E-state index in [4.69, 9.17) is 9.84 Å². The Labute approximate surface area is 177 Å². The zero-order valence-electron chi connectivity index (χ0n) is 18.3. The smallest absolute Gasteiger partial charge is 0.272 e. The zero-order valence-corrected chi connectivity index (χ0v) is 18.3. The van der Waals surface area contributed by atoms with Crippen molar-refractivity contribution in [2.75, 3.05) is 38.2 Å². The molecule has 0 N–H and O–H groups in total. The third-order valence-electron chi connectivity index (χ3n) is 5.54. The molecular weight excluding hydrogens is 378 g/mol. The molecule has 0 saturated carbocycles. The van der Waals surface area contributed by atoms with Crippen LogP contribution < -0.4 is 9.64 Å². The number of amides is 1. The Morgan fingerprint density at radius 3 is 2.43 bits per heavy atom. The first kappa shape index (κ1) is 20.2. The van der Waals surface area contributed by atoms with E-state index in [0.29, 0.717) is 18.8 Å². The molecule has 0 aliphatic carbocycles. The van der Waals surface area contributed by atoms with Gasteiger partial charge in [-0.1, -0.05) is 32.9 Å². The maximum atomic E-state index is 13.4. The Bertz CT molecular complexity index is 1070. The van der Waals surface area contributed by atoms with Gasteiger partial charge in [-0.2, -0.15) is 5.10 Å². The molecule has 0 bridgehead atoms. The monoisotopic (exact) mass is 407 g/mol. The highest BCUT2D eigenvalue weighted by Gasteiger charge is 2.27. The number of hydrogen-bond acceptors (Lipinski definition) is 5. The normalized spacial score (nSPS) is 15.0. The van der Waals surface area contributed by atoms with Crippen molar-refractivity contribution in [3.05, 3.63) is 53.5 Å². The van der Waals surface area contributed by atoms with E-state index in [-0.39, 0.29) is 11.3 Å². The molecule has 30 heavy (non-hydrogen) atoms. The number of rotatable bonds is 3. The van der Waals surface area contributed by atoms with E-state index in [0.717, 1.165) is 41.6 Å². The lowest BCUT2D eigenvalue weighted by Crippen LogP contribution is -2.49. The number of ether oxygens (including phenoxy) is 1. The molecule has 7 heteroatoms. The van der Waals surface area contributed by atoms with Crippen LogP contribution in [0.15, 0.2) is 36.4 Å². The first-order valence-corrected chi connectivity index (χ1v) is 10.3. The Morgan fingerprint density at radius 1 is 1.07 bits per heavy atom. The van der Waals surface area contributed by atoms with Crippen molar-refractivity contribution in [3.8, 4) is 5.75 Å². The number of benzene rings is 1. The van der Waals surface area contributed by atoms with Gasteiger partial charge in [0, 0.05) is 43.4 Å². The predicted molar refractivity (Wildman–Crippen MR) is 118 cm³/mol. The summed E-state index contributed by atoms with van der Waals surface area (Å²) in [7, 11) is 1.69. The predicted octanol–water partition coefficient (Wildman–Crippen LogP) is 3.31. The van der Waals surface area contributed by atoms with Gasteiger partial charge >= 0.3 is 0 Å². The number of nitrogens with zero attached hydrogens (tertiary/aromatic N) is 5. The van der Waals surface area contributed by atoms with Crippen LogP contribution in [-0.2, 0) is 5.41 Å². The summed E-state index contributed by atoms with van der Waals surface area (Å²) in [6.07, 6.45) is 0. The number of piperazine rings is 1. The van der Waals surface area contributed by atoms with Crippen LogP contribution in [0.25, 0.3) is 5.65 Å². The number of fused-ring (bicyclic) bond motifs is 1. The van der Waals surface area contributed by atoms with Gasteiger partial charge < -0.3 is 14.5 Å². The fraction of sp³-hybridized carbons (Fsp3) is 0.435. The minimum Gasteiger partial charge on any atom is -0.495 e. The molecule has 1 aliphatic heterocycles. The molecule has 0 spiro atoms. The quantitative estimate of drug-likeness (QED) is 0.667. The summed E-state index contributed by atoms with van der Waals surface area (Å²) >= 11 is 0. The maximum absolute atomic E-state index is 13.4. The van der Waals surface area contributed by atoms with Crippen molar-refractivity contribution < 1.29 is 9.53 Å². The first-order chi connectivity index (χ1) is 14.3. The fourth-order valence-electron chi connectivity index (χ4n) is 3.82. The van der Waals surface area contributed by atoms with Gasteiger partial charge in [0.1, 0.15) is 11.4 Å². The topological polar surface area (TPSA) is 63.0 Å². The third-order valence-corrected chi connectivity index (χ3v) is 5.54. The highest BCUT2D eigenvalue weighted by atomic mass is 16.5. The van der Waals surface area contributed by atoms with Crippen LogP contribution in [0.2, 0.25) is 0 Å². The molecule has 0 atom stereocenters. The molecular formula is C23H29N5O2. The van der Waals surface area contributed by atoms with E-state index < -0.39 is 0 Å². The first-order valence-electron chi connectivity index (χ1n) is 10.3. The lowest BCUT2D eigenvalue weighted by molar-refractivity contribution is 0.0737. The molecule has 3 aromatic rings. The van der Waals surface area contributed by atoms with Gasteiger partial charge in [0.2, 0.25) is 0 Å². The molecule has 1 saturated heterocycles. The van der Waals surface area contributed by atoms with E-state index in [1.54, 1.807) is 11.6 Å². The number of hydrogen-bond donors (Lipinski definition) is 0. The average Bonchev–Trinajstić information content (AvgIpc) is 3.17. The lowest BCUT2D eigenvalue weighted by Gasteiger charge is -2.36. The van der Waals surface area contributed by atoms with Gasteiger partial charge in [0.25, 0.3) is 5.91 Å². The number of aromatic nitrogens is 3. The van der Waals surface area contributed by atoms with E-state index in [1.165, 1.54) is 0 Å². The van der Waals surface area contributed by atoms with Crippen LogP contribution in [0.3, 0.4) is 0 Å². The van der Waals surface area contributed by atoms with Crippen molar-refractivity contribution in [2.24, 2.45) is 0 Å². The van der Waals surface area contributed by atoms with Gasteiger partial charge in [-0.15, -0.1) is 0 Å². The Kier molecular flexibility index (Phi) is 5.13. The number of para-hydroxylation sites is 2. The van der Waals surface area contributed by atoms with Crippen molar-refractivity contribution in [1.29, 1.82) is 0 Å². The SMILES string of the molecule is COc1ccccc1N1CCN(C(=O)c2cc(C)nc3cc(C(C)(C)C)nn23)CC1. The molecule has 1 amide bonds. The minimum atomic E-state index is -0.109. The lowest BCUT2D eigenvalue weighted by atomic mass is 9.93. The summed E-state index contributed by atoms with van der Waals surface area (Å²) in [4.78, 5) is 22.1. The largest absolute Gasteiger partial charge is 0.495 e. The molecule has 158 valence electrons. The minimum absolute atomic E-state index is 0.00580. The molecule has 0 radical (unpaired) electrons. The Morgan fingerprint density at radius 2 is 1.77 bits per heavy atom. The second-order valence-electron chi connectivity index (χ2n) is 8.78. The molecule has 0 unspecified atom stereocenters. The number of carbonyl (C=O) groups is 1. The summed E-state index contributed by atoms with van der Waals surface area (Å²) < 4.78 is 7.19. The fourth-order valence-corrected chi connectivity index (χ4v) is 3.82. The number of aryl methyl sites for hydroxylation is 1. The summed E-state index contributed by atoms with van der Waals surface area (Å²) in [5.74, 6) is 0.851. The molecule has 1 fully saturated rings. The summed E-state index contributed by atoms with van der Waals surface area (Å²) in [6, 6.07) is 11.8. The van der Waals surface area contributed by atoms with Crippen LogP contribution in [0.4, 0.5) is 5.69 Å².